The lowest BCUT2D eigenvalue weighted by Gasteiger charge is -2.40. The van der Waals surface area contributed by atoms with Crippen molar-refractivity contribution in [2.45, 2.75) is 53.7 Å². The molecule has 0 heterocycles. The minimum atomic E-state index is -0.0443. The van der Waals surface area contributed by atoms with Crippen LogP contribution in [0.25, 0.3) is 0 Å². The number of rotatable bonds is 5. The van der Waals surface area contributed by atoms with Crippen LogP contribution in [0, 0.1) is 10.8 Å². The Hall–Kier alpha value is -0.120. The molecule has 0 saturated carbocycles. The van der Waals surface area contributed by atoms with Crippen molar-refractivity contribution < 1.29 is 9.47 Å². The molecule has 3 nitrogen and oxygen atoms in total. The third kappa shape index (κ3) is 5.83. The van der Waals surface area contributed by atoms with Gasteiger partial charge in [-0.25, -0.2) is 0 Å². The summed E-state index contributed by atoms with van der Waals surface area (Å²) in [5.74, 6) is 0. The summed E-state index contributed by atoms with van der Waals surface area (Å²) in [6.07, 6.45) is 0.183. The van der Waals surface area contributed by atoms with E-state index >= 15 is 0 Å². The summed E-state index contributed by atoms with van der Waals surface area (Å²) in [5.41, 5.74) is 6.10. The van der Waals surface area contributed by atoms with Crippen molar-refractivity contribution in [3.8, 4) is 0 Å². The Bertz CT molecular complexity index is 177. The summed E-state index contributed by atoms with van der Waals surface area (Å²) in [6, 6.07) is -0.0443. The molecule has 0 spiro atoms. The van der Waals surface area contributed by atoms with E-state index in [0.717, 1.165) is 0 Å². The minimum absolute atomic E-state index is 0.0443. The quantitative estimate of drug-likeness (QED) is 0.790. The molecule has 0 aromatic rings. The predicted molar refractivity (Wildman–Crippen MR) is 68.5 cm³/mol. The third-order valence-corrected chi connectivity index (χ3v) is 2.43. The van der Waals surface area contributed by atoms with E-state index in [-0.39, 0.29) is 23.0 Å². The summed E-state index contributed by atoms with van der Waals surface area (Å²) in [7, 11) is 1.66. The highest BCUT2D eigenvalue weighted by molar-refractivity contribution is 4.85. The van der Waals surface area contributed by atoms with Crippen molar-refractivity contribution in [3.63, 3.8) is 0 Å². The number of nitrogens with two attached hydrogens (primary N) is 1. The lowest BCUT2D eigenvalue weighted by molar-refractivity contribution is -0.0890. The summed E-state index contributed by atoms with van der Waals surface area (Å²) < 4.78 is 11.0. The van der Waals surface area contributed by atoms with Gasteiger partial charge in [0.15, 0.2) is 0 Å². The molecule has 0 aromatic carbocycles. The molecule has 0 bridgehead atoms. The zero-order valence-corrected chi connectivity index (χ0v) is 12.0. The van der Waals surface area contributed by atoms with E-state index in [1.165, 1.54) is 0 Å². The van der Waals surface area contributed by atoms with Crippen LogP contribution in [0.2, 0.25) is 0 Å². The van der Waals surface area contributed by atoms with Crippen molar-refractivity contribution >= 4 is 0 Å². The van der Waals surface area contributed by atoms with Gasteiger partial charge in [-0.3, -0.25) is 0 Å². The van der Waals surface area contributed by atoms with Gasteiger partial charge in [0, 0.05) is 7.11 Å². The lowest BCUT2D eigenvalue weighted by Crippen LogP contribution is -2.43. The fourth-order valence-electron chi connectivity index (χ4n) is 2.28. The Labute approximate surface area is 101 Å². The lowest BCUT2D eigenvalue weighted by atomic mass is 9.74. The number of ether oxygens (including phenoxy) is 2. The van der Waals surface area contributed by atoms with Crippen molar-refractivity contribution in [1.82, 2.24) is 0 Å². The van der Waals surface area contributed by atoms with Crippen LogP contribution in [0.1, 0.15) is 41.5 Å². The number of hydrogen-bond acceptors (Lipinski definition) is 3. The second-order valence-electron chi connectivity index (χ2n) is 6.66. The maximum absolute atomic E-state index is 5.98. The second-order valence-corrected chi connectivity index (χ2v) is 6.66. The Balaban J connectivity index is 4.36. The Morgan fingerprint density at radius 2 is 1.38 bits per heavy atom. The molecule has 98 valence electrons. The van der Waals surface area contributed by atoms with Crippen LogP contribution < -0.4 is 5.73 Å². The summed E-state index contributed by atoms with van der Waals surface area (Å²) in [5, 5.41) is 0. The monoisotopic (exact) mass is 231 g/mol. The van der Waals surface area contributed by atoms with Gasteiger partial charge in [0.2, 0.25) is 0 Å². The van der Waals surface area contributed by atoms with Crippen LogP contribution in [0.3, 0.4) is 0 Å². The van der Waals surface area contributed by atoms with Crippen molar-refractivity contribution in [3.05, 3.63) is 0 Å². The molecular weight excluding hydrogens is 202 g/mol. The van der Waals surface area contributed by atoms with Gasteiger partial charge >= 0.3 is 0 Å². The molecule has 1 atom stereocenters. The van der Waals surface area contributed by atoms with Crippen LogP contribution in [0.5, 0.6) is 0 Å². The first-order chi connectivity index (χ1) is 7.09. The molecule has 0 aliphatic rings. The first-order valence-corrected chi connectivity index (χ1v) is 5.95. The van der Waals surface area contributed by atoms with Gasteiger partial charge < -0.3 is 15.2 Å². The Morgan fingerprint density at radius 1 is 0.938 bits per heavy atom. The standard InChI is InChI=1S/C13H29NO2/c1-12(2,3)11(13(4,5)6)16-9-10(14)8-15-7/h10-11H,8-9,14H2,1-7H3. The molecule has 0 aliphatic carbocycles. The first kappa shape index (κ1) is 15.9. The van der Waals surface area contributed by atoms with Crippen molar-refractivity contribution in [1.29, 1.82) is 0 Å². The smallest absolute Gasteiger partial charge is 0.0672 e. The summed E-state index contributed by atoms with van der Waals surface area (Å²) >= 11 is 0. The van der Waals surface area contributed by atoms with Crippen molar-refractivity contribution in [2.24, 2.45) is 16.6 Å². The summed E-state index contributed by atoms with van der Waals surface area (Å²) in [4.78, 5) is 0. The number of hydrogen-bond donors (Lipinski definition) is 1. The largest absolute Gasteiger partial charge is 0.383 e. The van der Waals surface area contributed by atoms with E-state index in [1.807, 2.05) is 0 Å². The second kappa shape index (κ2) is 5.99. The molecule has 16 heavy (non-hydrogen) atoms. The van der Waals surface area contributed by atoms with E-state index in [0.29, 0.717) is 13.2 Å². The molecular formula is C13H29NO2. The maximum Gasteiger partial charge on any atom is 0.0672 e. The Morgan fingerprint density at radius 3 is 1.69 bits per heavy atom. The van der Waals surface area contributed by atoms with Crippen LogP contribution in [0.15, 0.2) is 0 Å². The molecule has 0 fully saturated rings. The van der Waals surface area contributed by atoms with Crippen LogP contribution in [0.4, 0.5) is 0 Å². The average Bonchev–Trinajstić information content (AvgIpc) is 1.99. The normalized spacial score (nSPS) is 15.6. The number of methoxy groups -OCH3 is 1. The molecule has 1 unspecified atom stereocenters. The highest BCUT2D eigenvalue weighted by atomic mass is 16.5. The van der Waals surface area contributed by atoms with E-state index in [9.17, 15) is 0 Å². The average molecular weight is 231 g/mol. The highest BCUT2D eigenvalue weighted by Gasteiger charge is 2.35. The highest BCUT2D eigenvalue weighted by Crippen LogP contribution is 2.35. The molecule has 0 saturated heterocycles. The van der Waals surface area contributed by atoms with E-state index in [4.69, 9.17) is 15.2 Å². The third-order valence-electron chi connectivity index (χ3n) is 2.43. The predicted octanol–water partition coefficient (Wildman–Crippen LogP) is 2.44. The van der Waals surface area contributed by atoms with Crippen LogP contribution in [-0.2, 0) is 9.47 Å². The molecule has 0 aliphatic heterocycles. The van der Waals surface area contributed by atoms with E-state index < -0.39 is 0 Å². The maximum atomic E-state index is 5.98. The minimum Gasteiger partial charge on any atom is -0.383 e. The van der Waals surface area contributed by atoms with Crippen LogP contribution >= 0.6 is 0 Å². The van der Waals surface area contributed by atoms with E-state index in [2.05, 4.69) is 41.5 Å². The topological polar surface area (TPSA) is 44.5 Å². The zero-order valence-electron chi connectivity index (χ0n) is 12.0. The van der Waals surface area contributed by atoms with Gasteiger partial charge in [0.05, 0.1) is 25.4 Å². The Kier molecular flexibility index (Phi) is 5.94. The first-order valence-electron chi connectivity index (χ1n) is 5.95. The fourth-order valence-corrected chi connectivity index (χ4v) is 2.28. The van der Waals surface area contributed by atoms with Gasteiger partial charge in [-0.2, -0.15) is 0 Å². The van der Waals surface area contributed by atoms with Gasteiger partial charge in [-0.1, -0.05) is 41.5 Å². The van der Waals surface area contributed by atoms with Gasteiger partial charge in [0.1, 0.15) is 0 Å². The molecule has 0 aromatic heterocycles. The molecule has 0 amide bonds. The SMILES string of the molecule is COCC(N)COC(C(C)(C)C)C(C)(C)C. The molecule has 0 radical (unpaired) electrons. The fraction of sp³-hybridized carbons (Fsp3) is 1.00. The van der Waals surface area contributed by atoms with Gasteiger partial charge in [0.25, 0.3) is 0 Å². The molecule has 3 heteroatoms. The zero-order chi connectivity index (χ0) is 13.0. The van der Waals surface area contributed by atoms with Crippen molar-refractivity contribution in [2.75, 3.05) is 20.3 Å². The van der Waals surface area contributed by atoms with E-state index in [1.54, 1.807) is 7.11 Å². The van der Waals surface area contributed by atoms with Gasteiger partial charge in [-0.05, 0) is 10.8 Å². The van der Waals surface area contributed by atoms with Crippen LogP contribution in [-0.4, -0.2) is 32.5 Å². The summed E-state index contributed by atoms with van der Waals surface area (Å²) in [6.45, 7) is 14.3. The van der Waals surface area contributed by atoms with Gasteiger partial charge in [-0.15, -0.1) is 0 Å². The molecule has 0 rings (SSSR count). The molecule has 2 N–H and O–H groups in total.